The summed E-state index contributed by atoms with van der Waals surface area (Å²) in [5.41, 5.74) is 2.15. The van der Waals surface area contributed by atoms with Gasteiger partial charge in [-0.2, -0.15) is 5.26 Å². The van der Waals surface area contributed by atoms with Gasteiger partial charge >= 0.3 is 0 Å². The molecular weight excluding hydrogens is 469 g/mol. The van der Waals surface area contributed by atoms with Crippen LogP contribution in [0.1, 0.15) is 53.1 Å². The zero-order valence-corrected chi connectivity index (χ0v) is 22.5. The number of halogens is 1. The molecule has 7 nitrogen and oxygen atoms in total. The van der Waals surface area contributed by atoms with Crippen molar-refractivity contribution in [2.24, 2.45) is 0 Å². The summed E-state index contributed by atoms with van der Waals surface area (Å²) in [7, 11) is 2.09. The first kappa shape index (κ1) is 25.1. The molecule has 0 aliphatic carbocycles. The highest BCUT2D eigenvalue weighted by atomic mass is 19.1. The van der Waals surface area contributed by atoms with E-state index in [0.717, 1.165) is 0 Å². The van der Waals surface area contributed by atoms with Crippen molar-refractivity contribution in [2.75, 3.05) is 25.0 Å². The number of ether oxygens (including phenoxy) is 1. The number of nitrogens with zero attached hydrogens (tertiary/aromatic N) is 4. The molecule has 0 saturated carbocycles. The number of pyridine rings is 1. The second-order valence-electron chi connectivity index (χ2n) is 10.9. The van der Waals surface area contributed by atoms with Gasteiger partial charge in [-0.05, 0) is 66.8 Å². The van der Waals surface area contributed by atoms with Crippen molar-refractivity contribution in [1.82, 2.24) is 14.5 Å². The molecule has 0 amide bonds. The summed E-state index contributed by atoms with van der Waals surface area (Å²) in [6.45, 7) is 13.3. The normalized spacial score (nSPS) is 19.0. The zero-order chi connectivity index (χ0) is 26.8. The number of nitrogens with one attached hydrogen (secondary N) is 1. The van der Waals surface area contributed by atoms with E-state index in [1.807, 2.05) is 32.3 Å². The van der Waals surface area contributed by atoms with Gasteiger partial charge in [-0.1, -0.05) is 6.07 Å². The molecule has 8 heteroatoms. The number of benzene rings is 2. The number of likely N-dealkylation sites (N-methyl/N-ethyl adjacent to an activating group) is 1. The highest BCUT2D eigenvalue weighted by Crippen LogP contribution is 2.41. The molecule has 1 fully saturated rings. The molecule has 2 aromatic heterocycles. The number of piperazine rings is 1. The van der Waals surface area contributed by atoms with Gasteiger partial charge in [-0.15, -0.1) is 0 Å². The fourth-order valence-corrected chi connectivity index (χ4v) is 5.67. The number of hydrogen-bond acceptors (Lipinski definition) is 5. The Labute approximate surface area is 216 Å². The third-order valence-corrected chi connectivity index (χ3v) is 7.60. The van der Waals surface area contributed by atoms with Crippen molar-refractivity contribution in [2.45, 2.75) is 65.8 Å². The maximum Gasteiger partial charge on any atom is 0.199 e. The van der Waals surface area contributed by atoms with Crippen molar-refractivity contribution in [3.8, 4) is 11.8 Å². The average molecular weight is 504 g/mol. The predicted octanol–water partition coefficient (Wildman–Crippen LogP) is 5.54. The van der Waals surface area contributed by atoms with Crippen LogP contribution in [0.4, 0.5) is 10.1 Å². The maximum absolute atomic E-state index is 16.9. The minimum Gasteiger partial charge on any atom is -0.489 e. The second kappa shape index (κ2) is 9.07. The van der Waals surface area contributed by atoms with E-state index in [1.165, 1.54) is 0 Å². The van der Waals surface area contributed by atoms with Crippen LogP contribution in [-0.2, 0) is 0 Å². The molecule has 194 valence electrons. The lowest BCUT2D eigenvalue weighted by Gasteiger charge is -2.44. The summed E-state index contributed by atoms with van der Waals surface area (Å²) in [5, 5.41) is 10.9. The number of rotatable bonds is 4. The summed E-state index contributed by atoms with van der Waals surface area (Å²) in [6.07, 6.45) is -0.188. The Morgan fingerprint density at radius 3 is 2.38 bits per heavy atom. The Balaban J connectivity index is 1.91. The highest BCUT2D eigenvalue weighted by molar-refractivity contribution is 6.10. The van der Waals surface area contributed by atoms with Crippen LogP contribution in [-0.4, -0.2) is 52.8 Å². The van der Waals surface area contributed by atoms with Gasteiger partial charge in [0.2, 0.25) is 0 Å². The van der Waals surface area contributed by atoms with Crippen molar-refractivity contribution in [3.63, 3.8) is 0 Å². The fraction of sp³-hybridized carbons (Fsp3) is 0.448. The van der Waals surface area contributed by atoms with Crippen LogP contribution in [0.15, 0.2) is 29.1 Å². The minimum atomic E-state index is -0.443. The van der Waals surface area contributed by atoms with Crippen LogP contribution in [0.5, 0.6) is 5.75 Å². The van der Waals surface area contributed by atoms with Crippen LogP contribution < -0.4 is 15.1 Å². The van der Waals surface area contributed by atoms with Crippen molar-refractivity contribution in [3.05, 3.63) is 45.9 Å². The van der Waals surface area contributed by atoms with Gasteiger partial charge in [0.05, 0.1) is 34.0 Å². The molecule has 37 heavy (non-hydrogen) atoms. The first-order valence-corrected chi connectivity index (χ1v) is 12.9. The number of aromatic nitrogens is 2. The summed E-state index contributed by atoms with van der Waals surface area (Å²) >= 11 is 0. The Morgan fingerprint density at radius 1 is 1.11 bits per heavy atom. The van der Waals surface area contributed by atoms with Crippen molar-refractivity contribution < 1.29 is 9.13 Å². The molecule has 1 N–H and O–H groups in total. The number of aromatic amines is 1. The monoisotopic (exact) mass is 503 g/mol. The molecule has 1 aliphatic heterocycles. The van der Waals surface area contributed by atoms with Crippen LogP contribution in [0.25, 0.3) is 32.8 Å². The van der Waals surface area contributed by atoms with Crippen LogP contribution >= 0.6 is 0 Å². The Morgan fingerprint density at radius 2 is 1.78 bits per heavy atom. The Kier molecular flexibility index (Phi) is 6.15. The molecule has 1 aliphatic rings. The van der Waals surface area contributed by atoms with E-state index in [1.54, 1.807) is 24.3 Å². The van der Waals surface area contributed by atoms with Crippen molar-refractivity contribution in [1.29, 1.82) is 5.26 Å². The van der Waals surface area contributed by atoms with Gasteiger partial charge in [-0.25, -0.2) is 4.39 Å². The number of H-pyrrole nitrogens is 1. The molecule has 0 bridgehead atoms. The number of fused-ring (bicyclic) bond motifs is 4. The van der Waals surface area contributed by atoms with E-state index < -0.39 is 5.82 Å². The van der Waals surface area contributed by atoms with Gasteiger partial charge < -0.3 is 19.2 Å². The van der Waals surface area contributed by atoms with Crippen LogP contribution in [0.3, 0.4) is 0 Å². The van der Waals surface area contributed by atoms with E-state index >= 15 is 4.39 Å². The van der Waals surface area contributed by atoms with E-state index in [0.29, 0.717) is 57.4 Å². The summed E-state index contributed by atoms with van der Waals surface area (Å²) in [6, 6.07) is 9.40. The number of hydrogen-bond donors (Lipinski definition) is 1. The third kappa shape index (κ3) is 3.93. The quantitative estimate of drug-likeness (QED) is 0.396. The lowest BCUT2D eigenvalue weighted by atomic mass is 10.0. The molecule has 3 heterocycles. The smallest absolute Gasteiger partial charge is 0.199 e. The largest absolute Gasteiger partial charge is 0.489 e. The standard InChI is InChI=1S/C29H34FN5O2/c1-15(2)35-26-21(28(36)24-20-9-8-19(12-31)10-22(20)32-29(24)35)11-23(37-16(3)4)27(25(26)30)34-13-17(5)33(7)18(6)14-34/h8-11,15-18,32H,13-14H2,1-7H3. The minimum absolute atomic E-state index is 0.140. The number of nitriles is 1. The molecule has 2 unspecified atom stereocenters. The predicted molar refractivity (Wildman–Crippen MR) is 147 cm³/mol. The first-order chi connectivity index (χ1) is 17.5. The first-order valence-electron chi connectivity index (χ1n) is 12.9. The van der Waals surface area contributed by atoms with E-state index in [-0.39, 0.29) is 35.2 Å². The van der Waals surface area contributed by atoms with Crippen molar-refractivity contribution >= 4 is 38.5 Å². The van der Waals surface area contributed by atoms with Gasteiger partial charge in [0.15, 0.2) is 11.2 Å². The summed E-state index contributed by atoms with van der Waals surface area (Å²) in [5.74, 6) is -0.0523. The Bertz CT molecular complexity index is 1620. The molecule has 5 rings (SSSR count). The van der Waals surface area contributed by atoms with E-state index in [4.69, 9.17) is 4.74 Å². The molecule has 2 aromatic carbocycles. The SMILES string of the molecule is CC(C)Oc1cc2c(=O)c3c4ccc(C#N)cc4[nH]c3n(C(C)C)c2c(F)c1N1CC(C)N(C)C(C)C1. The highest BCUT2D eigenvalue weighted by Gasteiger charge is 2.33. The lowest BCUT2D eigenvalue weighted by molar-refractivity contribution is 0.168. The van der Waals surface area contributed by atoms with Gasteiger partial charge in [0.25, 0.3) is 0 Å². The van der Waals surface area contributed by atoms with Gasteiger partial charge in [0.1, 0.15) is 17.1 Å². The number of anilines is 1. The Hall–Kier alpha value is -3.57. The second-order valence-corrected chi connectivity index (χ2v) is 10.9. The summed E-state index contributed by atoms with van der Waals surface area (Å²) < 4.78 is 24.9. The van der Waals surface area contributed by atoms with Gasteiger partial charge in [-0.3, -0.25) is 9.69 Å². The average Bonchev–Trinajstić information content (AvgIpc) is 3.21. The molecule has 0 radical (unpaired) electrons. The molecule has 2 atom stereocenters. The fourth-order valence-electron chi connectivity index (χ4n) is 5.67. The van der Waals surface area contributed by atoms with Gasteiger partial charge in [0, 0.05) is 42.1 Å². The van der Waals surface area contributed by atoms with Crippen LogP contribution in [0.2, 0.25) is 0 Å². The molecular formula is C29H34FN5O2. The molecule has 1 saturated heterocycles. The molecule has 4 aromatic rings. The topological polar surface area (TPSA) is 77.3 Å². The molecule has 0 spiro atoms. The van der Waals surface area contributed by atoms with Crippen LogP contribution in [0, 0.1) is 17.1 Å². The maximum atomic E-state index is 16.9. The third-order valence-electron chi connectivity index (χ3n) is 7.60. The lowest BCUT2D eigenvalue weighted by Crippen LogP contribution is -2.55. The van der Waals surface area contributed by atoms with E-state index in [2.05, 4.69) is 41.7 Å². The van der Waals surface area contributed by atoms with E-state index in [9.17, 15) is 10.1 Å². The summed E-state index contributed by atoms with van der Waals surface area (Å²) in [4.78, 5) is 21.7. The zero-order valence-electron chi connectivity index (χ0n) is 22.5.